The normalized spacial score (nSPS) is 12.6. The van der Waals surface area contributed by atoms with Gasteiger partial charge in [0.1, 0.15) is 5.82 Å². The van der Waals surface area contributed by atoms with Crippen LogP contribution in [0, 0.1) is 13.8 Å². The minimum absolute atomic E-state index is 0.781. The van der Waals surface area contributed by atoms with Crippen molar-refractivity contribution in [3.8, 4) is 0 Å². The Morgan fingerprint density at radius 3 is 2.44 bits per heavy atom. The van der Waals surface area contributed by atoms with E-state index in [1.807, 2.05) is 45.9 Å². The highest BCUT2D eigenvalue weighted by atomic mass is 14.9. The zero-order valence-corrected chi connectivity index (χ0v) is 11.6. The molecule has 0 radical (unpaired) electrons. The van der Waals surface area contributed by atoms with Crippen molar-refractivity contribution in [1.29, 1.82) is 0 Å². The van der Waals surface area contributed by atoms with E-state index in [-0.39, 0.29) is 0 Å². The van der Waals surface area contributed by atoms with E-state index in [1.165, 1.54) is 0 Å². The molecule has 0 unspecified atom stereocenters. The van der Waals surface area contributed by atoms with E-state index in [0.29, 0.717) is 0 Å². The van der Waals surface area contributed by atoms with Crippen LogP contribution in [0.4, 0.5) is 0 Å². The second-order valence-electron chi connectivity index (χ2n) is 3.97. The Morgan fingerprint density at radius 2 is 1.89 bits per heavy atom. The highest BCUT2D eigenvalue weighted by molar-refractivity contribution is 5.75. The second-order valence-corrected chi connectivity index (χ2v) is 3.97. The summed E-state index contributed by atoms with van der Waals surface area (Å²) < 4.78 is 0. The van der Waals surface area contributed by atoms with Gasteiger partial charge in [0.25, 0.3) is 0 Å². The number of allylic oxidation sites excluding steroid dienone is 6. The van der Waals surface area contributed by atoms with Gasteiger partial charge in [-0.1, -0.05) is 37.0 Å². The summed E-state index contributed by atoms with van der Waals surface area (Å²) in [7, 11) is 0. The molecular formula is C16H20N2. The summed E-state index contributed by atoms with van der Waals surface area (Å²) >= 11 is 0. The quantitative estimate of drug-likeness (QED) is 0.734. The van der Waals surface area contributed by atoms with Gasteiger partial charge in [0.15, 0.2) is 0 Å². The molecule has 0 atom stereocenters. The van der Waals surface area contributed by atoms with Crippen LogP contribution in [0.5, 0.6) is 0 Å². The first-order chi connectivity index (χ1) is 8.63. The average Bonchev–Trinajstić information content (AvgIpc) is 2.36. The van der Waals surface area contributed by atoms with Crippen LogP contribution in [-0.2, 0) is 0 Å². The van der Waals surface area contributed by atoms with Crippen LogP contribution in [0.3, 0.4) is 0 Å². The van der Waals surface area contributed by atoms with E-state index in [4.69, 9.17) is 0 Å². The van der Waals surface area contributed by atoms with Crippen molar-refractivity contribution in [3.05, 3.63) is 59.7 Å². The number of rotatable bonds is 4. The van der Waals surface area contributed by atoms with Crippen LogP contribution in [0.1, 0.15) is 36.6 Å². The standard InChI is InChI=1S/C16H20N2/c1-6-9-11-15-12(4)16(18-13(5)17-15)14(8-3)10-7-2/h6-11H,1H2,2-5H3/b10-7-,11-9-,14-8+. The number of hydrogen-bond donors (Lipinski definition) is 0. The fourth-order valence-electron chi connectivity index (χ4n) is 1.74. The number of nitrogens with zero attached hydrogens (tertiary/aromatic N) is 2. The predicted molar refractivity (Wildman–Crippen MR) is 79.2 cm³/mol. The molecule has 1 rings (SSSR count). The molecule has 0 N–H and O–H groups in total. The summed E-state index contributed by atoms with van der Waals surface area (Å²) in [6.07, 6.45) is 11.8. The van der Waals surface area contributed by atoms with Gasteiger partial charge in [0, 0.05) is 5.56 Å². The molecule has 2 heteroatoms. The Labute approximate surface area is 109 Å². The van der Waals surface area contributed by atoms with Gasteiger partial charge in [-0.3, -0.25) is 0 Å². The molecule has 1 aromatic heterocycles. The third-order valence-corrected chi connectivity index (χ3v) is 2.62. The summed E-state index contributed by atoms with van der Waals surface area (Å²) in [5.74, 6) is 0.781. The largest absolute Gasteiger partial charge is 0.234 e. The molecule has 1 aromatic rings. The molecule has 0 fully saturated rings. The van der Waals surface area contributed by atoms with E-state index < -0.39 is 0 Å². The van der Waals surface area contributed by atoms with Crippen molar-refractivity contribution >= 4 is 11.6 Å². The van der Waals surface area contributed by atoms with Gasteiger partial charge in [-0.25, -0.2) is 9.97 Å². The lowest BCUT2D eigenvalue weighted by Gasteiger charge is -2.09. The number of hydrogen-bond acceptors (Lipinski definition) is 2. The Morgan fingerprint density at radius 1 is 1.17 bits per heavy atom. The van der Waals surface area contributed by atoms with Gasteiger partial charge in [-0.15, -0.1) is 0 Å². The Bertz CT molecular complexity index is 520. The van der Waals surface area contributed by atoms with Gasteiger partial charge >= 0.3 is 0 Å². The van der Waals surface area contributed by atoms with Crippen molar-refractivity contribution in [2.45, 2.75) is 27.7 Å². The second kappa shape index (κ2) is 6.70. The molecule has 0 bridgehead atoms. The molecule has 94 valence electrons. The first-order valence-corrected chi connectivity index (χ1v) is 6.07. The van der Waals surface area contributed by atoms with E-state index in [9.17, 15) is 0 Å². The Hall–Kier alpha value is -1.96. The lowest BCUT2D eigenvalue weighted by atomic mass is 10.0. The first kappa shape index (κ1) is 14.1. The molecule has 1 heterocycles. The van der Waals surface area contributed by atoms with E-state index >= 15 is 0 Å². The van der Waals surface area contributed by atoms with Crippen molar-refractivity contribution in [2.24, 2.45) is 0 Å². The molecule has 0 aliphatic heterocycles. The zero-order chi connectivity index (χ0) is 13.5. The molecule has 0 saturated heterocycles. The minimum atomic E-state index is 0.781. The molecule has 2 nitrogen and oxygen atoms in total. The third-order valence-electron chi connectivity index (χ3n) is 2.62. The lowest BCUT2D eigenvalue weighted by Crippen LogP contribution is -2.01. The lowest BCUT2D eigenvalue weighted by molar-refractivity contribution is 1.00. The fraction of sp³-hybridized carbons (Fsp3) is 0.250. The van der Waals surface area contributed by atoms with Crippen LogP contribution < -0.4 is 0 Å². The van der Waals surface area contributed by atoms with Crippen molar-refractivity contribution in [1.82, 2.24) is 9.97 Å². The molecule has 0 saturated carbocycles. The van der Waals surface area contributed by atoms with E-state index in [0.717, 1.165) is 28.3 Å². The first-order valence-electron chi connectivity index (χ1n) is 6.07. The third kappa shape index (κ3) is 3.27. The highest BCUT2D eigenvalue weighted by Gasteiger charge is 2.09. The molecule has 0 aliphatic rings. The van der Waals surface area contributed by atoms with E-state index in [2.05, 4.69) is 28.7 Å². The molecule has 0 amide bonds. The summed E-state index contributed by atoms with van der Waals surface area (Å²) in [5, 5.41) is 0. The van der Waals surface area contributed by atoms with Crippen molar-refractivity contribution in [2.75, 3.05) is 0 Å². The van der Waals surface area contributed by atoms with Gasteiger partial charge in [0.05, 0.1) is 11.4 Å². The molecule has 0 aliphatic carbocycles. The summed E-state index contributed by atoms with van der Waals surface area (Å²) in [5.41, 5.74) is 4.15. The summed E-state index contributed by atoms with van der Waals surface area (Å²) in [6.45, 7) is 11.7. The fourth-order valence-corrected chi connectivity index (χ4v) is 1.74. The highest BCUT2D eigenvalue weighted by Crippen LogP contribution is 2.21. The van der Waals surface area contributed by atoms with Crippen molar-refractivity contribution < 1.29 is 0 Å². The monoisotopic (exact) mass is 240 g/mol. The van der Waals surface area contributed by atoms with Gasteiger partial charge in [0.2, 0.25) is 0 Å². The van der Waals surface area contributed by atoms with Gasteiger partial charge < -0.3 is 0 Å². The number of aromatic nitrogens is 2. The minimum Gasteiger partial charge on any atom is -0.234 e. The smallest absolute Gasteiger partial charge is 0.126 e. The maximum atomic E-state index is 4.54. The molecular weight excluding hydrogens is 220 g/mol. The van der Waals surface area contributed by atoms with Crippen LogP contribution in [0.2, 0.25) is 0 Å². The van der Waals surface area contributed by atoms with Gasteiger partial charge in [-0.2, -0.15) is 0 Å². The summed E-state index contributed by atoms with van der Waals surface area (Å²) in [6, 6.07) is 0. The Kier molecular flexibility index (Phi) is 5.25. The van der Waals surface area contributed by atoms with E-state index in [1.54, 1.807) is 6.08 Å². The van der Waals surface area contributed by atoms with Crippen LogP contribution in [0.15, 0.2) is 37.0 Å². The van der Waals surface area contributed by atoms with Crippen LogP contribution in [0.25, 0.3) is 11.6 Å². The predicted octanol–water partition coefficient (Wildman–Crippen LogP) is 4.27. The Balaban J connectivity index is 3.41. The number of aryl methyl sites for hydroxylation is 1. The van der Waals surface area contributed by atoms with Crippen LogP contribution >= 0.6 is 0 Å². The summed E-state index contributed by atoms with van der Waals surface area (Å²) in [4.78, 5) is 8.99. The average molecular weight is 240 g/mol. The molecule has 18 heavy (non-hydrogen) atoms. The maximum absolute atomic E-state index is 4.54. The van der Waals surface area contributed by atoms with Gasteiger partial charge in [-0.05, 0) is 39.3 Å². The van der Waals surface area contributed by atoms with Crippen molar-refractivity contribution in [3.63, 3.8) is 0 Å². The van der Waals surface area contributed by atoms with Crippen LogP contribution in [-0.4, -0.2) is 9.97 Å². The SMILES string of the molecule is C=C/C=C\c1nc(C)nc(C(/C=C\C)=C/C)c1C. The molecule has 0 aromatic carbocycles. The maximum Gasteiger partial charge on any atom is 0.126 e. The zero-order valence-electron chi connectivity index (χ0n) is 11.6. The molecule has 0 spiro atoms. The topological polar surface area (TPSA) is 25.8 Å².